The molecule has 0 aliphatic rings. The lowest BCUT2D eigenvalue weighted by Gasteiger charge is -2.12. The topological polar surface area (TPSA) is 99.9 Å². The normalized spacial score (nSPS) is 10.3. The van der Waals surface area contributed by atoms with Crippen LogP contribution in [0.2, 0.25) is 0 Å². The van der Waals surface area contributed by atoms with E-state index >= 15 is 0 Å². The van der Waals surface area contributed by atoms with Gasteiger partial charge in [-0.2, -0.15) is 0 Å². The smallest absolute Gasteiger partial charge is 0.381 e. The van der Waals surface area contributed by atoms with Gasteiger partial charge in [-0.05, 0) is 12.1 Å². The summed E-state index contributed by atoms with van der Waals surface area (Å²) in [4.78, 5) is 27.5. The summed E-state index contributed by atoms with van der Waals surface area (Å²) in [7, 11) is 2.60. The molecule has 0 aromatic carbocycles. The van der Waals surface area contributed by atoms with Crippen LogP contribution in [0.25, 0.3) is 0 Å². The van der Waals surface area contributed by atoms with E-state index in [2.05, 4.69) is 15.0 Å². The second-order valence-corrected chi connectivity index (χ2v) is 4.43. The first-order valence-corrected chi connectivity index (χ1v) is 6.82. The molecule has 0 unspecified atom stereocenters. The van der Waals surface area contributed by atoms with E-state index < -0.39 is 17.4 Å². The SMILES string of the molecule is COCCOc1c(Nc2ncccc2F)cc(C(=O)OC)oc1=O. The highest BCUT2D eigenvalue weighted by Gasteiger charge is 2.19. The number of ether oxygens (including phenoxy) is 3. The number of hydrogen-bond acceptors (Lipinski definition) is 8. The number of aromatic nitrogens is 1. The van der Waals surface area contributed by atoms with E-state index in [1.807, 2.05) is 0 Å². The Morgan fingerprint density at radius 1 is 1.38 bits per heavy atom. The predicted octanol–water partition coefficient (Wildman–Crippen LogP) is 1.73. The molecule has 2 heterocycles. The van der Waals surface area contributed by atoms with E-state index in [0.717, 1.165) is 7.11 Å². The van der Waals surface area contributed by atoms with Crippen LogP contribution < -0.4 is 15.7 Å². The second kappa shape index (κ2) is 8.06. The van der Waals surface area contributed by atoms with E-state index in [1.54, 1.807) is 0 Å². The third-order valence-corrected chi connectivity index (χ3v) is 2.84. The largest absolute Gasteiger partial charge is 0.483 e. The predicted molar refractivity (Wildman–Crippen MR) is 81.2 cm³/mol. The van der Waals surface area contributed by atoms with Crippen molar-refractivity contribution < 1.29 is 27.8 Å². The summed E-state index contributed by atoms with van der Waals surface area (Å²) in [5, 5.41) is 2.61. The third kappa shape index (κ3) is 4.07. The summed E-state index contributed by atoms with van der Waals surface area (Å²) in [5.74, 6) is -2.24. The molecule has 0 saturated carbocycles. The monoisotopic (exact) mass is 338 g/mol. The van der Waals surface area contributed by atoms with Gasteiger partial charge in [0.1, 0.15) is 6.61 Å². The van der Waals surface area contributed by atoms with Gasteiger partial charge in [0, 0.05) is 19.4 Å². The van der Waals surface area contributed by atoms with Gasteiger partial charge in [-0.15, -0.1) is 0 Å². The number of halogens is 1. The van der Waals surface area contributed by atoms with Crippen molar-refractivity contribution in [3.63, 3.8) is 0 Å². The number of pyridine rings is 1. The van der Waals surface area contributed by atoms with Gasteiger partial charge >= 0.3 is 11.6 Å². The van der Waals surface area contributed by atoms with Crippen molar-refractivity contribution in [2.45, 2.75) is 0 Å². The Balaban J connectivity index is 2.43. The first-order valence-electron chi connectivity index (χ1n) is 6.82. The maximum absolute atomic E-state index is 13.8. The molecule has 0 aliphatic heterocycles. The van der Waals surface area contributed by atoms with E-state index in [4.69, 9.17) is 13.9 Å². The van der Waals surface area contributed by atoms with Crippen LogP contribution in [0.5, 0.6) is 5.75 Å². The molecule has 0 aliphatic carbocycles. The van der Waals surface area contributed by atoms with Crippen LogP contribution >= 0.6 is 0 Å². The van der Waals surface area contributed by atoms with Gasteiger partial charge in [0.05, 0.1) is 19.4 Å². The molecular weight excluding hydrogens is 323 g/mol. The number of carbonyl (C=O) groups is 1. The molecule has 24 heavy (non-hydrogen) atoms. The van der Waals surface area contributed by atoms with Crippen LogP contribution in [0, 0.1) is 5.82 Å². The third-order valence-electron chi connectivity index (χ3n) is 2.84. The average Bonchev–Trinajstić information content (AvgIpc) is 2.58. The van der Waals surface area contributed by atoms with Crippen LogP contribution in [-0.2, 0) is 9.47 Å². The Kier molecular flexibility index (Phi) is 5.85. The summed E-state index contributed by atoms with van der Waals surface area (Å²) in [5.41, 5.74) is -0.909. The maximum atomic E-state index is 13.8. The van der Waals surface area contributed by atoms with Crippen molar-refractivity contribution in [2.75, 3.05) is 32.8 Å². The second-order valence-electron chi connectivity index (χ2n) is 4.43. The van der Waals surface area contributed by atoms with Crippen LogP contribution in [0.4, 0.5) is 15.9 Å². The first kappa shape index (κ1) is 17.4. The highest BCUT2D eigenvalue weighted by atomic mass is 19.1. The Labute approximate surface area is 136 Å². The zero-order valence-corrected chi connectivity index (χ0v) is 13.0. The summed E-state index contributed by atoms with van der Waals surface area (Å²) in [6.07, 6.45) is 1.36. The number of rotatable bonds is 7. The van der Waals surface area contributed by atoms with E-state index in [-0.39, 0.29) is 36.2 Å². The number of esters is 1. The summed E-state index contributed by atoms with van der Waals surface area (Å²) >= 11 is 0. The van der Waals surface area contributed by atoms with Gasteiger partial charge in [-0.1, -0.05) is 0 Å². The first-order chi connectivity index (χ1) is 11.6. The molecule has 1 N–H and O–H groups in total. The lowest BCUT2D eigenvalue weighted by molar-refractivity contribution is 0.0558. The number of nitrogens with one attached hydrogen (secondary N) is 1. The zero-order chi connectivity index (χ0) is 17.5. The molecule has 9 heteroatoms. The maximum Gasteiger partial charge on any atom is 0.381 e. The highest BCUT2D eigenvalue weighted by Crippen LogP contribution is 2.26. The average molecular weight is 338 g/mol. The molecule has 0 radical (unpaired) electrons. The minimum Gasteiger partial charge on any atom is -0.483 e. The van der Waals surface area contributed by atoms with Crippen LogP contribution in [0.3, 0.4) is 0 Å². The molecule has 0 fully saturated rings. The Hall–Kier alpha value is -2.94. The molecule has 0 saturated heterocycles. The molecule has 0 spiro atoms. The van der Waals surface area contributed by atoms with Crippen molar-refractivity contribution in [2.24, 2.45) is 0 Å². The summed E-state index contributed by atoms with van der Waals surface area (Å²) < 4.78 is 33.2. The molecule has 128 valence electrons. The lowest BCUT2D eigenvalue weighted by atomic mass is 10.3. The molecule has 2 aromatic rings. The minimum atomic E-state index is -0.923. The molecule has 2 aromatic heterocycles. The molecule has 0 amide bonds. The fourth-order valence-corrected chi connectivity index (χ4v) is 1.75. The number of nitrogens with zero attached hydrogens (tertiary/aromatic N) is 1. The van der Waals surface area contributed by atoms with Crippen LogP contribution in [0.15, 0.2) is 33.6 Å². The van der Waals surface area contributed by atoms with Gasteiger partial charge in [-0.25, -0.2) is 19.0 Å². The minimum absolute atomic E-state index is 0.0142. The number of hydrogen-bond donors (Lipinski definition) is 1. The number of carbonyl (C=O) groups excluding carboxylic acids is 1. The van der Waals surface area contributed by atoms with E-state index in [0.29, 0.717) is 0 Å². The fraction of sp³-hybridized carbons (Fsp3) is 0.267. The Bertz CT molecular complexity index is 777. The van der Waals surface area contributed by atoms with Gasteiger partial charge < -0.3 is 23.9 Å². The quantitative estimate of drug-likeness (QED) is 0.602. The lowest BCUT2D eigenvalue weighted by Crippen LogP contribution is -2.16. The van der Waals surface area contributed by atoms with Crippen molar-refractivity contribution >= 4 is 17.5 Å². The number of methoxy groups -OCH3 is 2. The highest BCUT2D eigenvalue weighted by molar-refractivity contribution is 5.88. The van der Waals surface area contributed by atoms with Crippen LogP contribution in [0.1, 0.15) is 10.6 Å². The molecular formula is C15H15FN2O6. The Morgan fingerprint density at radius 2 is 2.17 bits per heavy atom. The molecule has 2 rings (SSSR count). The van der Waals surface area contributed by atoms with Crippen LogP contribution in [-0.4, -0.2) is 38.4 Å². The zero-order valence-electron chi connectivity index (χ0n) is 13.0. The molecule has 8 nitrogen and oxygen atoms in total. The summed E-state index contributed by atoms with van der Waals surface area (Å²) in [6, 6.07) is 3.77. The van der Waals surface area contributed by atoms with Gasteiger partial charge in [-0.3, -0.25) is 0 Å². The molecule has 0 atom stereocenters. The van der Waals surface area contributed by atoms with Crippen molar-refractivity contribution in [1.29, 1.82) is 0 Å². The van der Waals surface area contributed by atoms with Gasteiger partial charge in [0.2, 0.25) is 11.5 Å². The standard InChI is InChI=1S/C15H15FN2O6/c1-21-6-7-23-12-10(18-13-9(16)4-3-5-17-13)8-11(14(19)22-2)24-15(12)20/h3-5,8H,6-7H2,1-2H3,(H,17,18). The van der Waals surface area contributed by atoms with Gasteiger partial charge in [0.15, 0.2) is 11.6 Å². The van der Waals surface area contributed by atoms with Gasteiger partial charge in [0.25, 0.3) is 0 Å². The van der Waals surface area contributed by atoms with Crippen molar-refractivity contribution in [3.8, 4) is 5.75 Å². The van der Waals surface area contributed by atoms with E-state index in [1.165, 1.54) is 31.5 Å². The van der Waals surface area contributed by atoms with E-state index in [9.17, 15) is 14.0 Å². The van der Waals surface area contributed by atoms with Crippen molar-refractivity contribution in [3.05, 3.63) is 46.4 Å². The Morgan fingerprint density at radius 3 is 2.83 bits per heavy atom. The fourth-order valence-electron chi connectivity index (χ4n) is 1.75. The van der Waals surface area contributed by atoms with Crippen molar-refractivity contribution in [1.82, 2.24) is 4.98 Å². The summed E-state index contributed by atoms with van der Waals surface area (Å²) in [6.45, 7) is 0.272. The molecule has 0 bridgehead atoms. The number of anilines is 2.